The van der Waals surface area contributed by atoms with Crippen LogP contribution in [0.3, 0.4) is 0 Å². The maximum Gasteiger partial charge on any atom is 1.00 e. The maximum absolute atomic E-state index is 5.50. The second kappa shape index (κ2) is 4.46. The van der Waals surface area contributed by atoms with E-state index >= 15 is 0 Å². The molecule has 1 aromatic rings. The van der Waals surface area contributed by atoms with E-state index < -0.39 is 5.60 Å². The average Bonchev–Trinajstić information content (AvgIpc) is 2.05. The molecule has 0 aromatic heterocycles. The molecule has 1 heterocycles. The van der Waals surface area contributed by atoms with Crippen LogP contribution in [0.15, 0.2) is 22.7 Å². The van der Waals surface area contributed by atoms with Crippen molar-refractivity contribution >= 4 is 39.0 Å². The molecule has 2 rings (SSSR count). The Hall–Kier alpha value is -0.0126. The van der Waals surface area contributed by atoms with Crippen molar-refractivity contribution < 1.29 is 23.6 Å². The van der Waals surface area contributed by atoms with Crippen molar-refractivity contribution in [2.75, 3.05) is 0 Å². The number of halogens is 1. The minimum atomic E-state index is -0.391. The number of benzene rings is 1. The monoisotopic (exact) mass is 277 g/mol. The Morgan fingerprint density at radius 3 is 2.73 bits per heavy atom. The number of thiocarbonyl (C=S) groups is 1. The van der Waals surface area contributed by atoms with E-state index in [1.807, 2.05) is 32.0 Å². The molecule has 0 atom stereocenters. The molecule has 5 heteroatoms. The standard InChI is InChI=1S/C10H10BrNOS.Li/c1-10(2)7-5-6(11)3-4-8(7)12-9(14)13-10;/h3-5H,1-2H3,(H,12,14);/q;+1/p-1. The van der Waals surface area contributed by atoms with Gasteiger partial charge in [0.05, 0.1) is 5.17 Å². The average molecular weight is 278 g/mol. The van der Waals surface area contributed by atoms with Crippen molar-refractivity contribution in [2.45, 2.75) is 19.4 Å². The zero-order valence-corrected chi connectivity index (χ0v) is 11.3. The van der Waals surface area contributed by atoms with Gasteiger partial charge in [0.25, 0.3) is 0 Å². The Balaban J connectivity index is 0.00000112. The quantitative estimate of drug-likeness (QED) is 0.522. The van der Waals surface area contributed by atoms with Gasteiger partial charge >= 0.3 is 18.9 Å². The predicted molar refractivity (Wildman–Crippen MR) is 63.9 cm³/mol. The van der Waals surface area contributed by atoms with E-state index in [0.29, 0.717) is 5.17 Å². The second-order valence-electron chi connectivity index (χ2n) is 3.65. The third-order valence-corrected chi connectivity index (χ3v) is 2.83. The van der Waals surface area contributed by atoms with Gasteiger partial charge < -0.3 is 10.1 Å². The van der Waals surface area contributed by atoms with Gasteiger partial charge in [-0.2, -0.15) is 0 Å². The molecule has 0 aliphatic carbocycles. The summed E-state index contributed by atoms with van der Waals surface area (Å²) < 4.78 is 6.52. The summed E-state index contributed by atoms with van der Waals surface area (Å²) in [7, 11) is 0. The fourth-order valence-electron chi connectivity index (χ4n) is 1.48. The number of rotatable bonds is 0. The molecular weight excluding hydrogens is 269 g/mol. The van der Waals surface area contributed by atoms with Gasteiger partial charge in [0.2, 0.25) is 0 Å². The molecule has 0 radical (unpaired) electrons. The van der Waals surface area contributed by atoms with Gasteiger partial charge in [0.1, 0.15) is 5.60 Å². The number of hydrogen-bond donors (Lipinski definition) is 0. The van der Waals surface area contributed by atoms with E-state index in [-0.39, 0.29) is 18.9 Å². The van der Waals surface area contributed by atoms with Gasteiger partial charge in [0, 0.05) is 4.47 Å². The van der Waals surface area contributed by atoms with Crippen LogP contribution in [0, 0.1) is 0 Å². The topological polar surface area (TPSA) is 23.3 Å². The fraction of sp³-hybridized carbons (Fsp3) is 0.300. The third-order valence-electron chi connectivity index (χ3n) is 2.16. The molecule has 0 spiro atoms. The predicted octanol–water partition coefficient (Wildman–Crippen LogP) is 1.01. The van der Waals surface area contributed by atoms with Crippen molar-refractivity contribution in [3.05, 3.63) is 33.6 Å². The molecule has 0 saturated carbocycles. The molecule has 0 amide bonds. The van der Waals surface area contributed by atoms with Crippen LogP contribution in [0.1, 0.15) is 19.4 Å². The Morgan fingerprint density at radius 2 is 2.07 bits per heavy atom. The van der Waals surface area contributed by atoms with Crippen molar-refractivity contribution in [1.82, 2.24) is 0 Å². The van der Waals surface area contributed by atoms with Crippen LogP contribution < -0.4 is 18.9 Å². The zero-order valence-electron chi connectivity index (χ0n) is 8.87. The molecule has 1 aliphatic heterocycles. The van der Waals surface area contributed by atoms with Crippen molar-refractivity contribution in [2.24, 2.45) is 0 Å². The largest absolute Gasteiger partial charge is 1.00 e. The number of fused-ring (bicyclic) bond motifs is 1. The molecular formula is C10H9BrLiNOS. The molecule has 0 bridgehead atoms. The van der Waals surface area contributed by atoms with Crippen LogP contribution in [0.4, 0.5) is 5.69 Å². The number of hydrogen-bond acceptors (Lipinski definition) is 2. The minimum Gasteiger partial charge on any atom is -0.617 e. The summed E-state index contributed by atoms with van der Waals surface area (Å²) in [5.74, 6) is 0. The fourth-order valence-corrected chi connectivity index (χ4v) is 2.15. The maximum atomic E-state index is 5.50. The van der Waals surface area contributed by atoms with Crippen molar-refractivity contribution in [3.8, 4) is 0 Å². The Morgan fingerprint density at radius 1 is 1.40 bits per heavy atom. The van der Waals surface area contributed by atoms with Crippen LogP contribution in [0.2, 0.25) is 0 Å². The molecule has 2 nitrogen and oxygen atoms in total. The van der Waals surface area contributed by atoms with Crippen LogP contribution in [-0.4, -0.2) is 5.17 Å². The molecule has 0 N–H and O–H groups in total. The smallest absolute Gasteiger partial charge is 0.617 e. The number of nitrogens with zero attached hydrogens (tertiary/aromatic N) is 1. The summed E-state index contributed by atoms with van der Waals surface area (Å²) >= 11 is 8.39. The molecule has 1 aliphatic rings. The molecule has 15 heavy (non-hydrogen) atoms. The Bertz CT molecular complexity index is 408. The minimum absolute atomic E-state index is 0. The van der Waals surface area contributed by atoms with Gasteiger partial charge in [-0.05, 0) is 31.5 Å². The SMILES string of the molecule is CC1(C)OC(=S)[N-]c2ccc(Br)cc21.[Li+]. The van der Waals surface area contributed by atoms with E-state index in [1.165, 1.54) is 0 Å². The van der Waals surface area contributed by atoms with Gasteiger partial charge in [-0.1, -0.05) is 34.2 Å². The first-order valence-electron chi connectivity index (χ1n) is 4.24. The summed E-state index contributed by atoms with van der Waals surface area (Å²) in [6.45, 7) is 3.97. The molecule has 1 aromatic carbocycles. The van der Waals surface area contributed by atoms with E-state index in [4.69, 9.17) is 17.0 Å². The van der Waals surface area contributed by atoms with Crippen molar-refractivity contribution in [3.63, 3.8) is 0 Å². The summed E-state index contributed by atoms with van der Waals surface area (Å²) in [4.78, 5) is 0. The third kappa shape index (κ3) is 2.57. The summed E-state index contributed by atoms with van der Waals surface area (Å²) in [6, 6.07) is 5.91. The van der Waals surface area contributed by atoms with E-state index in [9.17, 15) is 0 Å². The second-order valence-corrected chi connectivity index (χ2v) is 4.92. The van der Waals surface area contributed by atoms with E-state index in [1.54, 1.807) is 0 Å². The first-order chi connectivity index (χ1) is 6.49. The normalized spacial score (nSPS) is 16.9. The van der Waals surface area contributed by atoms with Gasteiger partial charge in [-0.15, -0.1) is 5.69 Å². The van der Waals surface area contributed by atoms with Gasteiger partial charge in [0.15, 0.2) is 0 Å². The first kappa shape index (κ1) is 13.1. The molecule has 0 saturated heterocycles. The van der Waals surface area contributed by atoms with Gasteiger partial charge in [-0.3, -0.25) is 0 Å². The molecule has 0 fully saturated rings. The number of ether oxygens (including phenoxy) is 1. The molecule has 0 unspecified atom stereocenters. The van der Waals surface area contributed by atoms with Crippen LogP contribution in [-0.2, 0) is 10.3 Å². The first-order valence-corrected chi connectivity index (χ1v) is 5.44. The van der Waals surface area contributed by atoms with Crippen LogP contribution in [0.5, 0.6) is 0 Å². The van der Waals surface area contributed by atoms with Crippen LogP contribution in [0.25, 0.3) is 5.32 Å². The van der Waals surface area contributed by atoms with Crippen molar-refractivity contribution in [1.29, 1.82) is 0 Å². The Kier molecular flexibility index (Phi) is 3.89. The summed E-state index contributed by atoms with van der Waals surface area (Å²) in [5, 5.41) is 4.48. The Labute approximate surface area is 115 Å². The van der Waals surface area contributed by atoms with E-state index in [2.05, 4.69) is 21.2 Å². The van der Waals surface area contributed by atoms with Crippen LogP contribution >= 0.6 is 28.1 Å². The summed E-state index contributed by atoms with van der Waals surface area (Å²) in [5.41, 5.74) is 1.56. The zero-order chi connectivity index (χ0) is 10.3. The van der Waals surface area contributed by atoms with Gasteiger partial charge in [-0.25, -0.2) is 0 Å². The van der Waals surface area contributed by atoms with E-state index in [0.717, 1.165) is 15.7 Å². The molecule has 74 valence electrons. The summed E-state index contributed by atoms with van der Waals surface area (Å²) in [6.07, 6.45) is 0.